The zero-order valence-corrected chi connectivity index (χ0v) is 23.8. The van der Waals surface area contributed by atoms with E-state index < -0.39 is 11.9 Å². The summed E-state index contributed by atoms with van der Waals surface area (Å²) in [6.45, 7) is 0. The Bertz CT molecular complexity index is 1380. The van der Waals surface area contributed by atoms with E-state index in [2.05, 4.69) is 129 Å². The van der Waals surface area contributed by atoms with Crippen molar-refractivity contribution in [1.82, 2.24) is 0 Å². The van der Waals surface area contributed by atoms with Crippen molar-refractivity contribution in [1.29, 1.82) is 0 Å². The molecule has 1 N–H and O–H groups in total. The molecule has 0 fully saturated rings. The van der Waals surface area contributed by atoms with E-state index in [-0.39, 0.29) is 11.1 Å². The number of hydrogen-bond acceptors (Lipinski definition) is 5. The summed E-state index contributed by atoms with van der Waals surface area (Å²) >= 11 is 0. The van der Waals surface area contributed by atoms with Gasteiger partial charge in [-0.25, -0.2) is 9.37 Å². The van der Waals surface area contributed by atoms with Crippen molar-refractivity contribution in [3.63, 3.8) is 0 Å². The Balaban J connectivity index is 0.000000307. The SMILES string of the molecule is CN(C)c1ccc(C(=C2C=CC(=[N+](C)C)C=C2)c2ccc(N(C)C)cc2)cc1.O=C([O-])c1ccccc1C(=O)O. The van der Waals surface area contributed by atoms with Gasteiger partial charge in [0, 0.05) is 57.3 Å². The molecule has 0 unspecified atom stereocenters. The number of aromatic carboxylic acids is 2. The van der Waals surface area contributed by atoms with E-state index in [9.17, 15) is 14.7 Å². The molecule has 3 aromatic rings. The molecule has 0 saturated carbocycles. The summed E-state index contributed by atoms with van der Waals surface area (Å²) in [5, 5.41) is 18.9. The molecule has 3 aromatic carbocycles. The minimum atomic E-state index is -1.48. The van der Waals surface area contributed by atoms with E-state index in [1.54, 1.807) is 0 Å². The molecule has 0 radical (unpaired) electrons. The van der Waals surface area contributed by atoms with Gasteiger partial charge in [-0.2, -0.15) is 0 Å². The molecule has 0 spiro atoms. The monoisotopic (exact) mass is 537 g/mol. The molecule has 0 aliphatic heterocycles. The van der Waals surface area contributed by atoms with Crippen molar-refractivity contribution in [2.75, 3.05) is 52.1 Å². The fraction of sp³-hybridized carbons (Fsp3) is 0.182. The van der Waals surface area contributed by atoms with Crippen molar-refractivity contribution in [3.05, 3.63) is 125 Å². The van der Waals surface area contributed by atoms with Crippen molar-refractivity contribution in [3.8, 4) is 0 Å². The Labute approximate surface area is 235 Å². The first-order chi connectivity index (χ1) is 19.0. The molecule has 0 amide bonds. The van der Waals surface area contributed by atoms with Gasteiger partial charge < -0.3 is 24.8 Å². The molecule has 0 saturated heterocycles. The lowest BCUT2D eigenvalue weighted by Crippen LogP contribution is -2.24. The molecule has 1 aliphatic carbocycles. The summed E-state index contributed by atoms with van der Waals surface area (Å²) < 4.78 is 2.13. The number of nitrogens with zero attached hydrogens (tertiary/aromatic N) is 3. The Morgan fingerprint density at radius 3 is 1.43 bits per heavy atom. The lowest BCUT2D eigenvalue weighted by molar-refractivity contribution is -0.462. The van der Waals surface area contributed by atoms with Gasteiger partial charge in [-0.15, -0.1) is 0 Å². The Morgan fingerprint density at radius 1 is 0.675 bits per heavy atom. The van der Waals surface area contributed by atoms with Crippen molar-refractivity contribution in [2.45, 2.75) is 0 Å². The van der Waals surface area contributed by atoms with Gasteiger partial charge in [-0.1, -0.05) is 42.5 Å². The summed E-state index contributed by atoms with van der Waals surface area (Å²) in [4.78, 5) is 25.0. The van der Waals surface area contributed by atoms with Gasteiger partial charge in [0.1, 0.15) is 14.1 Å². The first-order valence-electron chi connectivity index (χ1n) is 12.7. The molecule has 1 aliphatic rings. The lowest BCUT2D eigenvalue weighted by Gasteiger charge is -2.18. The second-order valence-corrected chi connectivity index (χ2v) is 9.84. The normalized spacial score (nSPS) is 11.8. The maximum absolute atomic E-state index is 10.4. The van der Waals surface area contributed by atoms with Crippen LogP contribution in [0.25, 0.3) is 5.57 Å². The van der Waals surface area contributed by atoms with E-state index in [1.165, 1.54) is 63.6 Å². The summed E-state index contributed by atoms with van der Waals surface area (Å²) in [7, 11) is 12.4. The maximum Gasteiger partial charge on any atom is 0.336 e. The average Bonchev–Trinajstić information content (AvgIpc) is 2.94. The summed E-state index contributed by atoms with van der Waals surface area (Å²) in [6.07, 6.45) is 8.78. The van der Waals surface area contributed by atoms with Gasteiger partial charge in [-0.3, -0.25) is 0 Å². The minimum absolute atomic E-state index is 0.252. The third-order valence-electron chi connectivity index (χ3n) is 6.39. The van der Waals surface area contributed by atoms with Crippen molar-refractivity contribution < 1.29 is 24.4 Å². The molecule has 7 nitrogen and oxygen atoms in total. The molecule has 0 bridgehead atoms. The minimum Gasteiger partial charge on any atom is -0.545 e. The molecular weight excluding hydrogens is 502 g/mol. The molecule has 4 rings (SSSR count). The van der Waals surface area contributed by atoms with Gasteiger partial charge in [0.2, 0.25) is 0 Å². The van der Waals surface area contributed by atoms with Crippen molar-refractivity contribution in [2.24, 2.45) is 0 Å². The smallest absolute Gasteiger partial charge is 0.336 e. The van der Waals surface area contributed by atoms with Crippen LogP contribution in [0.2, 0.25) is 0 Å². The average molecular weight is 538 g/mol. The number of allylic oxidation sites excluding steroid dienone is 5. The molecule has 0 heterocycles. The van der Waals surface area contributed by atoms with Gasteiger partial charge in [0.25, 0.3) is 0 Å². The first kappa shape index (κ1) is 29.6. The largest absolute Gasteiger partial charge is 0.545 e. The van der Waals surface area contributed by atoms with E-state index >= 15 is 0 Å². The standard InChI is InChI=1S/C25H30N3.C8H6O4/c1-26(2)22-13-7-19(8-14-22)25(20-9-15-23(16-10-20)27(3)4)21-11-17-24(18-12-21)28(5)6;9-7(10)5-3-1-2-4-6(5)8(11)12/h7-18H,1-6H3;1-4H,(H,9,10)(H,11,12)/q+1;/p-1. The number of benzene rings is 3. The number of carboxylic acids is 2. The predicted molar refractivity (Wildman–Crippen MR) is 161 cm³/mol. The van der Waals surface area contributed by atoms with Crippen LogP contribution >= 0.6 is 0 Å². The second kappa shape index (κ2) is 13.2. The Morgan fingerprint density at radius 2 is 1.10 bits per heavy atom. The van der Waals surface area contributed by atoms with Gasteiger partial charge in [-0.05, 0) is 64.8 Å². The van der Waals surface area contributed by atoms with Crippen LogP contribution in [-0.4, -0.2) is 69.6 Å². The molecule has 0 atom stereocenters. The van der Waals surface area contributed by atoms with Gasteiger partial charge in [0.15, 0.2) is 5.71 Å². The number of carboxylic acid groups (broad SMARTS) is 2. The van der Waals surface area contributed by atoms with E-state index in [0.29, 0.717) is 0 Å². The van der Waals surface area contributed by atoms with Crippen LogP contribution in [0.15, 0.2) is 103 Å². The highest BCUT2D eigenvalue weighted by atomic mass is 16.4. The van der Waals surface area contributed by atoms with Crippen LogP contribution in [-0.2, 0) is 0 Å². The number of hydrogen-bond donors (Lipinski definition) is 1. The van der Waals surface area contributed by atoms with E-state index in [4.69, 9.17) is 5.11 Å². The fourth-order valence-electron chi connectivity index (χ4n) is 4.13. The molecule has 40 heavy (non-hydrogen) atoms. The summed E-state index contributed by atoms with van der Waals surface area (Å²) in [5.41, 5.74) is 7.97. The van der Waals surface area contributed by atoms with E-state index in [0.717, 1.165) is 0 Å². The summed E-state index contributed by atoms with van der Waals surface area (Å²) in [6, 6.07) is 22.9. The third-order valence-corrected chi connectivity index (χ3v) is 6.39. The number of rotatable bonds is 6. The first-order valence-corrected chi connectivity index (χ1v) is 12.7. The zero-order chi connectivity index (χ0) is 29.4. The number of carbonyl (C=O) groups is 2. The maximum atomic E-state index is 10.4. The molecule has 206 valence electrons. The molecular formula is C33H35N3O4. The second-order valence-electron chi connectivity index (χ2n) is 9.84. The third kappa shape index (κ3) is 7.35. The predicted octanol–water partition coefficient (Wildman–Crippen LogP) is 4.21. The quantitative estimate of drug-likeness (QED) is 0.474. The van der Waals surface area contributed by atoms with Crippen LogP contribution in [0, 0.1) is 0 Å². The fourth-order valence-corrected chi connectivity index (χ4v) is 4.13. The summed E-state index contributed by atoms with van der Waals surface area (Å²) in [5.74, 6) is -2.75. The number of carbonyl (C=O) groups excluding carboxylic acids is 1. The van der Waals surface area contributed by atoms with Crippen LogP contribution in [0.3, 0.4) is 0 Å². The van der Waals surface area contributed by atoms with Crippen LogP contribution in [0.4, 0.5) is 11.4 Å². The van der Waals surface area contributed by atoms with Crippen LogP contribution < -0.4 is 14.9 Å². The molecule has 7 heteroatoms. The van der Waals surface area contributed by atoms with E-state index in [1.807, 2.05) is 0 Å². The highest BCUT2D eigenvalue weighted by Crippen LogP contribution is 2.31. The Hall–Kier alpha value is -4.91. The van der Waals surface area contributed by atoms with Gasteiger partial charge in [0.05, 0.1) is 11.5 Å². The Kier molecular flexibility index (Phi) is 9.81. The zero-order valence-electron chi connectivity index (χ0n) is 23.8. The van der Waals surface area contributed by atoms with Crippen molar-refractivity contribution >= 4 is 34.6 Å². The topological polar surface area (TPSA) is 86.9 Å². The van der Waals surface area contributed by atoms with Crippen LogP contribution in [0.5, 0.6) is 0 Å². The van der Waals surface area contributed by atoms with Gasteiger partial charge >= 0.3 is 5.97 Å². The molecule has 0 aromatic heterocycles. The highest BCUT2D eigenvalue weighted by Gasteiger charge is 2.14. The number of anilines is 2. The highest BCUT2D eigenvalue weighted by molar-refractivity contribution is 6.04. The van der Waals surface area contributed by atoms with Crippen LogP contribution in [0.1, 0.15) is 31.8 Å². The lowest BCUT2D eigenvalue weighted by atomic mass is 9.90.